The lowest BCUT2D eigenvalue weighted by molar-refractivity contribution is -0.117. The normalized spacial score (nSPS) is 24.6. The van der Waals surface area contributed by atoms with E-state index >= 15 is 0 Å². The Hall–Kier alpha value is -2.00. The number of halogens is 1. The molecule has 2 aliphatic heterocycles. The zero-order valence-electron chi connectivity index (χ0n) is 13.3. The van der Waals surface area contributed by atoms with Crippen LogP contribution in [0.2, 0.25) is 0 Å². The second-order valence-corrected chi connectivity index (χ2v) is 9.23. The van der Waals surface area contributed by atoms with Crippen molar-refractivity contribution >= 4 is 32.2 Å². The van der Waals surface area contributed by atoms with Crippen molar-refractivity contribution < 1.29 is 22.3 Å². The number of carbonyl (C=O) groups excluding carboxylic acids is 1. The van der Waals surface area contributed by atoms with Gasteiger partial charge >= 0.3 is 0 Å². The van der Waals surface area contributed by atoms with E-state index in [0.29, 0.717) is 16.4 Å². The number of carbonyl (C=O) groups is 1. The van der Waals surface area contributed by atoms with Gasteiger partial charge < -0.3 is 4.74 Å². The average Bonchev–Trinajstić information content (AvgIpc) is 3.19. The van der Waals surface area contributed by atoms with Crippen molar-refractivity contribution in [3.8, 4) is 17.0 Å². The van der Waals surface area contributed by atoms with E-state index in [1.54, 1.807) is 11.4 Å². The maximum Gasteiger partial charge on any atom is 0.229 e. The maximum atomic E-state index is 13.9. The van der Waals surface area contributed by atoms with E-state index in [2.05, 4.69) is 4.98 Å². The van der Waals surface area contributed by atoms with E-state index in [0.717, 1.165) is 0 Å². The van der Waals surface area contributed by atoms with Crippen molar-refractivity contribution in [3.05, 3.63) is 29.4 Å². The van der Waals surface area contributed by atoms with Gasteiger partial charge in [-0.25, -0.2) is 17.8 Å². The van der Waals surface area contributed by atoms with Crippen LogP contribution in [-0.2, 0) is 14.6 Å². The summed E-state index contributed by atoms with van der Waals surface area (Å²) in [5.74, 6) is -0.575. The van der Waals surface area contributed by atoms with Crippen LogP contribution in [0.1, 0.15) is 6.42 Å². The summed E-state index contributed by atoms with van der Waals surface area (Å²) in [7, 11) is -1.72. The first kappa shape index (κ1) is 16.5. The first-order valence-corrected chi connectivity index (χ1v) is 10.4. The zero-order chi connectivity index (χ0) is 17.8. The molecule has 2 aromatic rings. The zero-order valence-corrected chi connectivity index (χ0v) is 14.9. The fourth-order valence-corrected chi connectivity index (χ4v) is 6.45. The molecule has 2 saturated heterocycles. The third-order valence-corrected chi connectivity index (χ3v) is 7.25. The van der Waals surface area contributed by atoms with Crippen molar-refractivity contribution in [3.63, 3.8) is 0 Å². The van der Waals surface area contributed by atoms with Gasteiger partial charge in [0.15, 0.2) is 26.5 Å². The Kier molecular flexibility index (Phi) is 3.80. The number of ether oxygens (including phenoxy) is 1. The number of anilines is 1. The highest BCUT2D eigenvalue weighted by atomic mass is 32.2. The molecule has 2 aliphatic rings. The monoisotopic (exact) mass is 382 g/mol. The number of benzene rings is 1. The number of thiazole rings is 1. The van der Waals surface area contributed by atoms with E-state index in [-0.39, 0.29) is 41.5 Å². The lowest BCUT2D eigenvalue weighted by atomic mass is 10.1. The lowest BCUT2D eigenvalue weighted by Gasteiger charge is -2.19. The molecular weight excluding hydrogens is 367 g/mol. The third kappa shape index (κ3) is 2.81. The standard InChI is InChI=1S/C16H15FN2O4S2/c1-23-14-3-2-9(4-11(14)17)12-6-24-16(18-12)19-13-8-25(21,22)7-10(13)5-15(19)20/h2-4,6,10,13H,5,7-8H2,1H3/t10-,13-/m0/s1. The Morgan fingerprint density at radius 3 is 2.88 bits per heavy atom. The fraction of sp³-hybridized carbons (Fsp3) is 0.375. The molecule has 1 aromatic carbocycles. The molecule has 4 rings (SSSR count). The van der Waals surface area contributed by atoms with Gasteiger partial charge in [-0.15, -0.1) is 11.3 Å². The minimum Gasteiger partial charge on any atom is -0.494 e. The van der Waals surface area contributed by atoms with E-state index in [9.17, 15) is 17.6 Å². The van der Waals surface area contributed by atoms with Gasteiger partial charge in [0.1, 0.15) is 0 Å². The lowest BCUT2D eigenvalue weighted by Crippen LogP contribution is -2.36. The van der Waals surface area contributed by atoms with Crippen molar-refractivity contribution in [1.29, 1.82) is 0 Å². The van der Waals surface area contributed by atoms with Crippen LogP contribution in [0.4, 0.5) is 9.52 Å². The van der Waals surface area contributed by atoms with Crippen LogP contribution < -0.4 is 9.64 Å². The molecule has 3 heterocycles. The topological polar surface area (TPSA) is 76.6 Å². The van der Waals surface area contributed by atoms with Gasteiger partial charge in [0, 0.05) is 23.3 Å². The largest absolute Gasteiger partial charge is 0.494 e. The first-order valence-electron chi connectivity index (χ1n) is 7.70. The predicted molar refractivity (Wildman–Crippen MR) is 92.1 cm³/mol. The van der Waals surface area contributed by atoms with Crippen LogP contribution in [0.5, 0.6) is 5.75 Å². The van der Waals surface area contributed by atoms with Crippen LogP contribution >= 0.6 is 11.3 Å². The number of hydrogen-bond donors (Lipinski definition) is 0. The minimum atomic E-state index is -3.11. The molecule has 0 aliphatic carbocycles. The molecule has 0 bridgehead atoms. The highest BCUT2D eigenvalue weighted by molar-refractivity contribution is 7.91. The van der Waals surface area contributed by atoms with Gasteiger partial charge in [-0.2, -0.15) is 0 Å². The molecule has 9 heteroatoms. The summed E-state index contributed by atoms with van der Waals surface area (Å²) in [4.78, 5) is 18.2. The van der Waals surface area contributed by atoms with Crippen molar-refractivity contribution in [1.82, 2.24) is 4.98 Å². The molecule has 6 nitrogen and oxygen atoms in total. The molecule has 0 unspecified atom stereocenters. The molecule has 0 N–H and O–H groups in total. The number of aromatic nitrogens is 1. The summed E-state index contributed by atoms with van der Waals surface area (Å²) in [6.45, 7) is 0. The van der Waals surface area contributed by atoms with Crippen molar-refractivity contribution in [2.24, 2.45) is 5.92 Å². The van der Waals surface area contributed by atoms with Gasteiger partial charge in [0.05, 0.1) is 30.4 Å². The molecule has 0 saturated carbocycles. The van der Waals surface area contributed by atoms with Gasteiger partial charge in [0.25, 0.3) is 0 Å². The molecule has 25 heavy (non-hydrogen) atoms. The Morgan fingerprint density at radius 2 is 2.16 bits per heavy atom. The van der Waals surface area contributed by atoms with Gasteiger partial charge in [-0.05, 0) is 18.2 Å². The Bertz CT molecular complexity index is 957. The van der Waals surface area contributed by atoms with E-state index in [1.807, 2.05) is 0 Å². The highest BCUT2D eigenvalue weighted by Crippen LogP contribution is 2.39. The second-order valence-electron chi connectivity index (χ2n) is 6.24. The van der Waals surface area contributed by atoms with Crippen LogP contribution in [0.25, 0.3) is 11.3 Å². The van der Waals surface area contributed by atoms with Crippen LogP contribution in [0.3, 0.4) is 0 Å². The average molecular weight is 382 g/mol. The third-order valence-electron chi connectivity index (χ3n) is 4.62. The molecule has 2 fully saturated rings. The molecule has 1 aromatic heterocycles. The highest BCUT2D eigenvalue weighted by Gasteiger charge is 2.50. The molecule has 1 amide bonds. The quantitative estimate of drug-likeness (QED) is 0.813. The van der Waals surface area contributed by atoms with E-state index in [1.165, 1.54) is 35.5 Å². The molecule has 0 radical (unpaired) electrons. The summed E-state index contributed by atoms with van der Waals surface area (Å²) in [5.41, 5.74) is 1.11. The van der Waals surface area contributed by atoms with Crippen LogP contribution in [0.15, 0.2) is 23.6 Å². The van der Waals surface area contributed by atoms with Gasteiger partial charge in [0.2, 0.25) is 5.91 Å². The van der Waals surface area contributed by atoms with Crippen LogP contribution in [0, 0.1) is 11.7 Å². The molecule has 2 atom stereocenters. The molecule has 132 valence electrons. The minimum absolute atomic E-state index is 0.0184. The number of hydrogen-bond acceptors (Lipinski definition) is 6. The second kappa shape index (κ2) is 5.77. The fourth-order valence-electron chi connectivity index (χ4n) is 3.47. The van der Waals surface area contributed by atoms with E-state index in [4.69, 9.17) is 4.74 Å². The number of nitrogens with zero attached hydrogens (tertiary/aromatic N) is 2. The van der Waals surface area contributed by atoms with Crippen LogP contribution in [-0.4, -0.2) is 44.0 Å². The first-order chi connectivity index (χ1) is 11.9. The van der Waals surface area contributed by atoms with Gasteiger partial charge in [-0.3, -0.25) is 9.69 Å². The number of fused-ring (bicyclic) bond motifs is 1. The summed E-state index contributed by atoms with van der Waals surface area (Å²) in [6, 6.07) is 4.19. The number of methoxy groups -OCH3 is 1. The summed E-state index contributed by atoms with van der Waals surface area (Å²) < 4.78 is 42.5. The predicted octanol–water partition coefficient (Wildman–Crippen LogP) is 2.11. The number of rotatable bonds is 3. The Morgan fingerprint density at radius 1 is 1.36 bits per heavy atom. The summed E-state index contributed by atoms with van der Waals surface area (Å²) >= 11 is 1.26. The van der Waals surface area contributed by atoms with Gasteiger partial charge in [-0.1, -0.05) is 0 Å². The summed E-state index contributed by atoms with van der Waals surface area (Å²) in [6.07, 6.45) is 0.232. The summed E-state index contributed by atoms with van der Waals surface area (Å²) in [5, 5.41) is 2.20. The SMILES string of the molecule is COc1ccc(-c2csc(N3C(=O)C[C@H]4CS(=O)(=O)C[C@@H]43)n2)cc1F. The Balaban J connectivity index is 1.65. The van der Waals surface area contributed by atoms with Crippen molar-refractivity contribution in [2.75, 3.05) is 23.5 Å². The molecular formula is C16H15FN2O4S2. The number of sulfone groups is 1. The smallest absolute Gasteiger partial charge is 0.229 e. The number of amides is 1. The molecule has 0 spiro atoms. The Labute approximate surface area is 148 Å². The van der Waals surface area contributed by atoms with Crippen molar-refractivity contribution in [2.45, 2.75) is 12.5 Å². The van der Waals surface area contributed by atoms with E-state index < -0.39 is 15.7 Å². The maximum absolute atomic E-state index is 13.9.